The lowest BCUT2D eigenvalue weighted by molar-refractivity contribution is 1.29. The summed E-state index contributed by atoms with van der Waals surface area (Å²) in [6, 6.07) is 0. The molecule has 0 aliphatic carbocycles. The summed E-state index contributed by atoms with van der Waals surface area (Å²) in [5, 5.41) is 0. The molecule has 1 heteroatoms. The molecule has 1 heterocycles. The van der Waals surface area contributed by atoms with E-state index in [2.05, 4.69) is 37.3 Å². The zero-order valence-corrected chi connectivity index (χ0v) is 7.73. The maximum Gasteiger partial charge on any atom is 0.0157 e. The fourth-order valence-electron chi connectivity index (χ4n) is 0.908. The van der Waals surface area contributed by atoms with Crippen LogP contribution in [0, 0.1) is 0 Å². The van der Waals surface area contributed by atoms with Crippen LogP contribution in [0.15, 0.2) is 35.3 Å². The van der Waals surface area contributed by atoms with Gasteiger partial charge in [-0.2, -0.15) is 0 Å². The molecule has 0 saturated heterocycles. The molecule has 1 aliphatic heterocycles. The summed E-state index contributed by atoms with van der Waals surface area (Å²) in [6.07, 6.45) is 13.4. The van der Waals surface area contributed by atoms with Crippen LogP contribution >= 0.6 is 11.8 Å². The Morgan fingerprint density at radius 1 is 1.09 bits per heavy atom. The highest BCUT2D eigenvalue weighted by atomic mass is 32.2. The van der Waals surface area contributed by atoms with E-state index in [1.165, 1.54) is 4.91 Å². The van der Waals surface area contributed by atoms with Gasteiger partial charge in [0.15, 0.2) is 0 Å². The van der Waals surface area contributed by atoms with Crippen LogP contribution in [0.3, 0.4) is 0 Å². The summed E-state index contributed by atoms with van der Waals surface area (Å²) in [5.74, 6) is 1.12. The third kappa shape index (κ3) is 4.10. The van der Waals surface area contributed by atoms with Crippen LogP contribution in [0.2, 0.25) is 0 Å². The topological polar surface area (TPSA) is 0 Å². The number of allylic oxidation sites excluding steroid dienone is 5. The van der Waals surface area contributed by atoms with Crippen LogP contribution in [0.5, 0.6) is 0 Å². The lowest BCUT2D eigenvalue weighted by Gasteiger charge is -1.97. The number of hydrogen-bond donors (Lipinski definition) is 0. The van der Waals surface area contributed by atoms with Gasteiger partial charge in [0, 0.05) is 5.75 Å². The third-order valence-corrected chi connectivity index (χ3v) is 2.54. The molecule has 60 valence electrons. The molecule has 0 atom stereocenters. The molecule has 0 radical (unpaired) electrons. The SMILES string of the molecule is C/C1=C/C/C=C\C/C=C\CS1. The summed E-state index contributed by atoms with van der Waals surface area (Å²) in [6.45, 7) is 2.17. The first-order valence-corrected chi connectivity index (χ1v) is 4.97. The first-order valence-electron chi connectivity index (χ1n) is 3.99. The zero-order chi connectivity index (χ0) is 7.94. The van der Waals surface area contributed by atoms with Crippen molar-refractivity contribution in [3.05, 3.63) is 35.3 Å². The van der Waals surface area contributed by atoms with Gasteiger partial charge in [0.25, 0.3) is 0 Å². The minimum Gasteiger partial charge on any atom is -0.127 e. The Morgan fingerprint density at radius 2 is 1.82 bits per heavy atom. The summed E-state index contributed by atoms with van der Waals surface area (Å²) in [7, 11) is 0. The van der Waals surface area contributed by atoms with E-state index in [9.17, 15) is 0 Å². The second-order valence-corrected chi connectivity index (χ2v) is 3.81. The fourth-order valence-corrected chi connectivity index (χ4v) is 1.62. The molecule has 11 heavy (non-hydrogen) atoms. The molecule has 0 spiro atoms. The molecule has 0 aromatic rings. The van der Waals surface area contributed by atoms with Gasteiger partial charge in [-0.25, -0.2) is 0 Å². The van der Waals surface area contributed by atoms with Gasteiger partial charge >= 0.3 is 0 Å². The van der Waals surface area contributed by atoms with Crippen molar-refractivity contribution < 1.29 is 0 Å². The van der Waals surface area contributed by atoms with E-state index >= 15 is 0 Å². The molecule has 1 aliphatic rings. The Bertz CT molecular complexity index is 187. The van der Waals surface area contributed by atoms with Gasteiger partial charge in [0.2, 0.25) is 0 Å². The Kier molecular flexibility index (Phi) is 4.14. The Labute approximate surface area is 73.1 Å². The van der Waals surface area contributed by atoms with E-state index in [-0.39, 0.29) is 0 Å². The maximum absolute atomic E-state index is 2.28. The van der Waals surface area contributed by atoms with Crippen molar-refractivity contribution >= 4 is 11.8 Å². The Hall–Kier alpha value is -0.430. The maximum atomic E-state index is 2.28. The third-order valence-electron chi connectivity index (χ3n) is 1.55. The predicted molar refractivity (Wildman–Crippen MR) is 53.7 cm³/mol. The van der Waals surface area contributed by atoms with Crippen LogP contribution in [-0.4, -0.2) is 5.75 Å². The second-order valence-electron chi connectivity index (χ2n) is 2.54. The van der Waals surface area contributed by atoms with Crippen molar-refractivity contribution in [2.75, 3.05) is 5.75 Å². The van der Waals surface area contributed by atoms with E-state index in [4.69, 9.17) is 0 Å². The van der Waals surface area contributed by atoms with E-state index < -0.39 is 0 Å². The number of hydrogen-bond acceptors (Lipinski definition) is 1. The van der Waals surface area contributed by atoms with Crippen LogP contribution in [0.25, 0.3) is 0 Å². The van der Waals surface area contributed by atoms with Crippen molar-refractivity contribution in [3.63, 3.8) is 0 Å². The highest BCUT2D eigenvalue weighted by Crippen LogP contribution is 2.16. The van der Waals surface area contributed by atoms with Crippen LogP contribution < -0.4 is 0 Å². The normalized spacial score (nSPS) is 30.1. The molecule has 1 rings (SSSR count). The molecule has 0 unspecified atom stereocenters. The lowest BCUT2D eigenvalue weighted by Crippen LogP contribution is -1.75. The molecule has 0 amide bonds. The van der Waals surface area contributed by atoms with Crippen LogP contribution in [-0.2, 0) is 0 Å². The fraction of sp³-hybridized carbons (Fsp3) is 0.400. The van der Waals surface area contributed by atoms with Gasteiger partial charge in [-0.05, 0) is 24.7 Å². The van der Waals surface area contributed by atoms with Crippen molar-refractivity contribution in [1.82, 2.24) is 0 Å². The summed E-state index contributed by atoms with van der Waals surface area (Å²) in [4.78, 5) is 1.43. The Balaban J connectivity index is 2.50. The van der Waals surface area contributed by atoms with Crippen molar-refractivity contribution in [3.8, 4) is 0 Å². The van der Waals surface area contributed by atoms with Gasteiger partial charge < -0.3 is 0 Å². The highest BCUT2D eigenvalue weighted by Gasteiger charge is 1.87. The largest absolute Gasteiger partial charge is 0.127 e. The lowest BCUT2D eigenvalue weighted by atomic mass is 10.3. The monoisotopic (exact) mass is 166 g/mol. The second kappa shape index (κ2) is 5.25. The van der Waals surface area contributed by atoms with Crippen LogP contribution in [0.1, 0.15) is 19.8 Å². The number of thioether (sulfide) groups is 1. The van der Waals surface area contributed by atoms with Gasteiger partial charge in [-0.15, -0.1) is 11.8 Å². The van der Waals surface area contributed by atoms with Crippen molar-refractivity contribution in [2.24, 2.45) is 0 Å². The van der Waals surface area contributed by atoms with E-state index in [1.807, 2.05) is 11.8 Å². The first-order chi connectivity index (χ1) is 5.39. The standard InChI is InChI=1S/C10H14S/c1-10-8-6-4-2-3-5-7-9-11-10/h2,4-5,7-8H,3,6,9H2,1H3/b4-2-,7-5-,10-8-. The predicted octanol–water partition coefficient (Wildman–Crippen LogP) is 3.53. The van der Waals surface area contributed by atoms with Gasteiger partial charge in [0.05, 0.1) is 0 Å². The molecule has 0 bridgehead atoms. The van der Waals surface area contributed by atoms with Gasteiger partial charge in [-0.3, -0.25) is 0 Å². The highest BCUT2D eigenvalue weighted by molar-refractivity contribution is 8.03. The summed E-state index contributed by atoms with van der Waals surface area (Å²) < 4.78 is 0. The first kappa shape index (κ1) is 8.66. The van der Waals surface area contributed by atoms with Crippen LogP contribution in [0.4, 0.5) is 0 Å². The molecule has 0 saturated carbocycles. The average Bonchev–Trinajstić information content (AvgIpc) is 2.03. The van der Waals surface area contributed by atoms with E-state index in [0.29, 0.717) is 0 Å². The van der Waals surface area contributed by atoms with Crippen molar-refractivity contribution in [2.45, 2.75) is 19.8 Å². The quantitative estimate of drug-likeness (QED) is 0.496. The summed E-state index contributed by atoms with van der Waals surface area (Å²) in [5.41, 5.74) is 0. The van der Waals surface area contributed by atoms with Gasteiger partial charge in [0.1, 0.15) is 0 Å². The van der Waals surface area contributed by atoms with Crippen molar-refractivity contribution in [1.29, 1.82) is 0 Å². The molecule has 0 fully saturated rings. The van der Waals surface area contributed by atoms with E-state index in [1.54, 1.807) is 0 Å². The molecule has 0 N–H and O–H groups in total. The average molecular weight is 166 g/mol. The minimum absolute atomic E-state index is 1.09. The molecule has 0 nitrogen and oxygen atoms in total. The smallest absolute Gasteiger partial charge is 0.0157 e. The number of rotatable bonds is 0. The summed E-state index contributed by atoms with van der Waals surface area (Å²) >= 11 is 1.92. The Morgan fingerprint density at radius 3 is 2.73 bits per heavy atom. The zero-order valence-electron chi connectivity index (χ0n) is 6.92. The minimum atomic E-state index is 1.09. The molecular weight excluding hydrogens is 152 g/mol. The molecule has 0 aromatic carbocycles. The molecular formula is C10H14S. The molecule has 0 aromatic heterocycles. The van der Waals surface area contributed by atoms with Gasteiger partial charge in [-0.1, -0.05) is 30.4 Å². The van der Waals surface area contributed by atoms with E-state index in [0.717, 1.165) is 18.6 Å².